The average Bonchev–Trinajstić information content (AvgIpc) is 3.00. The molecule has 1 fully saturated rings. The van der Waals surface area contributed by atoms with Gasteiger partial charge in [-0.25, -0.2) is 4.98 Å². The highest BCUT2D eigenvalue weighted by Crippen LogP contribution is 2.20. The van der Waals surface area contributed by atoms with Gasteiger partial charge in [-0.05, 0) is 19.3 Å². The number of thiazole rings is 1. The number of carbonyl (C=O) groups is 2. The van der Waals surface area contributed by atoms with Crippen LogP contribution in [0.3, 0.4) is 0 Å². The van der Waals surface area contributed by atoms with E-state index in [2.05, 4.69) is 11.9 Å². The van der Waals surface area contributed by atoms with Crippen LogP contribution in [0.1, 0.15) is 44.3 Å². The third-order valence-corrected chi connectivity index (χ3v) is 4.87. The predicted octanol–water partition coefficient (Wildman–Crippen LogP) is 2.64. The summed E-state index contributed by atoms with van der Waals surface area (Å²) in [6.07, 6.45) is 2.54. The molecule has 0 aliphatic carbocycles. The number of carbonyl (C=O) groups excluding carboxylic acids is 2. The first-order valence-electron chi connectivity index (χ1n) is 7.90. The molecule has 2 rings (SSSR count). The summed E-state index contributed by atoms with van der Waals surface area (Å²) in [6.45, 7) is 7.27. The molecule has 0 unspecified atom stereocenters. The molecule has 0 saturated carbocycles. The van der Waals surface area contributed by atoms with Gasteiger partial charge in [0.25, 0.3) is 0 Å². The smallest absolute Gasteiger partial charge is 0.311 e. The Bertz CT molecular complexity index is 527. The number of aromatic nitrogens is 1. The van der Waals surface area contributed by atoms with Gasteiger partial charge in [-0.15, -0.1) is 11.3 Å². The van der Waals surface area contributed by atoms with Gasteiger partial charge in [0.2, 0.25) is 5.91 Å². The number of piperidine rings is 1. The summed E-state index contributed by atoms with van der Waals surface area (Å²) in [5, 5.41) is 2.99. The van der Waals surface area contributed by atoms with Gasteiger partial charge in [-0.1, -0.05) is 20.8 Å². The number of hydrogen-bond donors (Lipinski definition) is 0. The fourth-order valence-corrected chi connectivity index (χ4v) is 3.30. The van der Waals surface area contributed by atoms with Crippen molar-refractivity contribution in [3.63, 3.8) is 0 Å². The number of rotatable bonds is 5. The molecule has 1 saturated heterocycles. The van der Waals surface area contributed by atoms with Crippen LogP contribution in [0.5, 0.6) is 0 Å². The minimum absolute atomic E-state index is 0.0303. The first-order chi connectivity index (χ1) is 10.5. The normalized spacial score (nSPS) is 18.5. The third kappa shape index (κ3) is 4.29. The van der Waals surface area contributed by atoms with Crippen molar-refractivity contribution >= 4 is 23.2 Å². The molecule has 122 valence electrons. The Labute approximate surface area is 135 Å². The maximum absolute atomic E-state index is 12.2. The van der Waals surface area contributed by atoms with Gasteiger partial charge in [0, 0.05) is 24.4 Å². The molecular weight excluding hydrogens is 300 g/mol. The number of amides is 1. The summed E-state index contributed by atoms with van der Waals surface area (Å²) in [7, 11) is 0. The van der Waals surface area contributed by atoms with Crippen molar-refractivity contribution in [3.05, 3.63) is 16.1 Å². The lowest BCUT2D eigenvalue weighted by atomic mass is 9.97. The fraction of sp³-hybridized carbons (Fsp3) is 0.688. The van der Waals surface area contributed by atoms with Crippen LogP contribution in [0.4, 0.5) is 0 Å². The summed E-state index contributed by atoms with van der Waals surface area (Å²) >= 11 is 1.59. The van der Waals surface area contributed by atoms with Crippen molar-refractivity contribution in [3.8, 4) is 0 Å². The second kappa shape index (κ2) is 7.72. The molecule has 2 heterocycles. The Balaban J connectivity index is 1.85. The van der Waals surface area contributed by atoms with Crippen LogP contribution in [0.2, 0.25) is 0 Å². The Kier molecular flexibility index (Phi) is 5.94. The van der Waals surface area contributed by atoms with E-state index in [9.17, 15) is 9.59 Å². The van der Waals surface area contributed by atoms with E-state index in [0.717, 1.165) is 36.5 Å². The van der Waals surface area contributed by atoms with Crippen LogP contribution < -0.4 is 0 Å². The van der Waals surface area contributed by atoms with Crippen molar-refractivity contribution in [2.75, 3.05) is 13.1 Å². The SMILES string of the molecule is CCc1nc(COC(=O)[C@H]2CCCN(C(=O)C(C)C)C2)cs1. The fourth-order valence-electron chi connectivity index (χ4n) is 2.58. The summed E-state index contributed by atoms with van der Waals surface area (Å²) in [5.74, 6) is -0.338. The van der Waals surface area contributed by atoms with Crippen LogP contribution in [0.25, 0.3) is 0 Å². The van der Waals surface area contributed by atoms with Crippen molar-refractivity contribution in [1.29, 1.82) is 0 Å². The number of ether oxygens (including phenoxy) is 1. The Hall–Kier alpha value is -1.43. The van der Waals surface area contributed by atoms with Gasteiger partial charge in [0.05, 0.1) is 16.6 Å². The average molecular weight is 324 g/mol. The van der Waals surface area contributed by atoms with Crippen LogP contribution in [0, 0.1) is 11.8 Å². The third-order valence-electron chi connectivity index (χ3n) is 3.82. The van der Waals surface area contributed by atoms with Gasteiger partial charge in [-0.2, -0.15) is 0 Å². The van der Waals surface area contributed by atoms with E-state index in [1.54, 1.807) is 16.2 Å². The number of esters is 1. The maximum atomic E-state index is 12.2. The Morgan fingerprint density at radius 2 is 2.27 bits per heavy atom. The lowest BCUT2D eigenvalue weighted by Gasteiger charge is -2.32. The van der Waals surface area contributed by atoms with Gasteiger partial charge in [0.1, 0.15) is 6.61 Å². The molecule has 1 atom stereocenters. The topological polar surface area (TPSA) is 59.5 Å². The van der Waals surface area contributed by atoms with Gasteiger partial charge in [0.15, 0.2) is 0 Å². The van der Waals surface area contributed by atoms with E-state index in [4.69, 9.17) is 4.74 Å². The maximum Gasteiger partial charge on any atom is 0.311 e. The number of nitrogens with zero attached hydrogens (tertiary/aromatic N) is 2. The first-order valence-corrected chi connectivity index (χ1v) is 8.78. The molecule has 1 amide bonds. The standard InChI is InChI=1S/C16H24N2O3S/c1-4-14-17-13(10-22-14)9-21-16(20)12-6-5-7-18(8-12)15(19)11(2)3/h10-12H,4-9H2,1-3H3/t12-/m0/s1. The van der Waals surface area contributed by atoms with Gasteiger partial charge < -0.3 is 9.64 Å². The largest absolute Gasteiger partial charge is 0.459 e. The quantitative estimate of drug-likeness (QED) is 0.781. The van der Waals surface area contributed by atoms with Crippen molar-refractivity contribution < 1.29 is 14.3 Å². The van der Waals surface area contributed by atoms with Crippen LogP contribution >= 0.6 is 11.3 Å². The molecule has 22 heavy (non-hydrogen) atoms. The monoisotopic (exact) mass is 324 g/mol. The molecule has 0 radical (unpaired) electrons. The first kappa shape index (κ1) is 16.9. The van der Waals surface area contributed by atoms with E-state index in [1.807, 2.05) is 19.2 Å². The molecule has 0 N–H and O–H groups in total. The molecule has 0 bridgehead atoms. The highest BCUT2D eigenvalue weighted by atomic mass is 32.1. The highest BCUT2D eigenvalue weighted by Gasteiger charge is 2.30. The lowest BCUT2D eigenvalue weighted by molar-refractivity contribution is -0.153. The van der Waals surface area contributed by atoms with Crippen molar-refractivity contribution in [2.45, 2.75) is 46.6 Å². The van der Waals surface area contributed by atoms with E-state index in [1.165, 1.54) is 0 Å². The molecule has 1 aromatic rings. The Morgan fingerprint density at radius 1 is 1.50 bits per heavy atom. The van der Waals surface area contributed by atoms with E-state index in [0.29, 0.717) is 6.54 Å². The number of likely N-dealkylation sites (tertiary alicyclic amines) is 1. The molecule has 1 aliphatic rings. The highest BCUT2D eigenvalue weighted by molar-refractivity contribution is 7.09. The van der Waals surface area contributed by atoms with E-state index in [-0.39, 0.29) is 30.3 Å². The van der Waals surface area contributed by atoms with E-state index < -0.39 is 0 Å². The second-order valence-corrected chi connectivity index (χ2v) is 6.91. The van der Waals surface area contributed by atoms with Crippen LogP contribution in [-0.2, 0) is 27.4 Å². The van der Waals surface area contributed by atoms with Gasteiger partial charge in [-0.3, -0.25) is 9.59 Å². The van der Waals surface area contributed by atoms with Crippen LogP contribution in [0.15, 0.2) is 5.38 Å². The zero-order chi connectivity index (χ0) is 16.1. The molecular formula is C16H24N2O3S. The minimum atomic E-state index is -0.215. The molecule has 0 spiro atoms. The zero-order valence-corrected chi connectivity index (χ0v) is 14.3. The Morgan fingerprint density at radius 3 is 2.91 bits per heavy atom. The summed E-state index contributed by atoms with van der Waals surface area (Å²) in [4.78, 5) is 30.4. The second-order valence-electron chi connectivity index (χ2n) is 5.97. The van der Waals surface area contributed by atoms with Crippen molar-refractivity contribution in [2.24, 2.45) is 11.8 Å². The van der Waals surface area contributed by atoms with Crippen molar-refractivity contribution in [1.82, 2.24) is 9.88 Å². The molecule has 0 aromatic carbocycles. The number of hydrogen-bond acceptors (Lipinski definition) is 5. The summed E-state index contributed by atoms with van der Waals surface area (Å²) in [6, 6.07) is 0. The van der Waals surface area contributed by atoms with Gasteiger partial charge >= 0.3 is 5.97 Å². The number of aryl methyl sites for hydroxylation is 1. The summed E-state index contributed by atoms with van der Waals surface area (Å²) < 4.78 is 5.38. The predicted molar refractivity (Wildman–Crippen MR) is 85.4 cm³/mol. The lowest BCUT2D eigenvalue weighted by Crippen LogP contribution is -2.44. The molecule has 1 aromatic heterocycles. The van der Waals surface area contributed by atoms with E-state index >= 15 is 0 Å². The van der Waals surface area contributed by atoms with Crippen LogP contribution in [-0.4, -0.2) is 34.8 Å². The zero-order valence-electron chi connectivity index (χ0n) is 13.5. The molecule has 6 heteroatoms. The molecule has 5 nitrogen and oxygen atoms in total. The molecule has 1 aliphatic heterocycles. The minimum Gasteiger partial charge on any atom is -0.459 e. The summed E-state index contributed by atoms with van der Waals surface area (Å²) in [5.41, 5.74) is 0.807.